The summed E-state index contributed by atoms with van der Waals surface area (Å²) in [6.45, 7) is 6.30. The number of halogens is 1. The van der Waals surface area contributed by atoms with Crippen molar-refractivity contribution in [2.24, 2.45) is 0 Å². The summed E-state index contributed by atoms with van der Waals surface area (Å²) in [5, 5.41) is 3.65. The molecule has 1 fully saturated rings. The minimum absolute atomic E-state index is 0.0396. The van der Waals surface area contributed by atoms with Crippen molar-refractivity contribution in [1.29, 1.82) is 0 Å². The van der Waals surface area contributed by atoms with E-state index in [1.807, 2.05) is 36.4 Å². The largest absolute Gasteiger partial charge is 0.495 e. The molecule has 0 aromatic heterocycles. The van der Waals surface area contributed by atoms with Gasteiger partial charge in [0.1, 0.15) is 5.75 Å². The van der Waals surface area contributed by atoms with Crippen LogP contribution in [0.15, 0.2) is 48.5 Å². The lowest BCUT2D eigenvalue weighted by Gasteiger charge is -2.34. The monoisotopic (exact) mass is 433 g/mol. The second-order valence-electron chi connectivity index (χ2n) is 7.06. The van der Waals surface area contributed by atoms with Crippen LogP contribution in [0.1, 0.15) is 12.0 Å². The van der Waals surface area contributed by atoms with Gasteiger partial charge in [-0.2, -0.15) is 0 Å². The van der Waals surface area contributed by atoms with E-state index in [4.69, 9.17) is 16.3 Å². The summed E-state index contributed by atoms with van der Waals surface area (Å²) in [5.74, 6) is 1.49. The molecule has 0 aliphatic carbocycles. The minimum Gasteiger partial charge on any atom is -0.495 e. The number of carbonyl (C=O) groups is 1. The van der Waals surface area contributed by atoms with Gasteiger partial charge >= 0.3 is 0 Å². The fourth-order valence-corrected chi connectivity index (χ4v) is 4.13. The van der Waals surface area contributed by atoms with Crippen molar-refractivity contribution in [3.8, 4) is 5.75 Å². The number of carbonyl (C=O) groups excluding carboxylic acids is 1. The number of hydrogen-bond acceptors (Lipinski definition) is 5. The number of para-hydroxylation sites is 2. The predicted molar refractivity (Wildman–Crippen MR) is 122 cm³/mol. The van der Waals surface area contributed by atoms with Gasteiger partial charge in [0, 0.05) is 43.5 Å². The Morgan fingerprint density at radius 1 is 1.07 bits per heavy atom. The average molecular weight is 434 g/mol. The molecule has 2 aromatic carbocycles. The van der Waals surface area contributed by atoms with Crippen LogP contribution in [0, 0.1) is 0 Å². The topological polar surface area (TPSA) is 44.8 Å². The summed E-state index contributed by atoms with van der Waals surface area (Å²) in [7, 11) is 1.60. The first-order valence-electron chi connectivity index (χ1n) is 9.90. The van der Waals surface area contributed by atoms with Gasteiger partial charge in [-0.25, -0.2) is 0 Å². The molecule has 1 amide bonds. The summed E-state index contributed by atoms with van der Waals surface area (Å²) >= 11 is 7.28. The molecule has 1 heterocycles. The van der Waals surface area contributed by atoms with Crippen molar-refractivity contribution < 1.29 is 9.53 Å². The van der Waals surface area contributed by atoms with E-state index >= 15 is 0 Å². The van der Waals surface area contributed by atoms with Crippen LogP contribution in [0.2, 0.25) is 5.02 Å². The van der Waals surface area contributed by atoms with Gasteiger partial charge in [-0.15, -0.1) is 0 Å². The predicted octanol–water partition coefficient (Wildman–Crippen LogP) is 4.82. The Kier molecular flexibility index (Phi) is 8.68. The Balaban J connectivity index is 1.29. The lowest BCUT2D eigenvalue weighted by Crippen LogP contribution is -2.46. The number of benzene rings is 2. The van der Waals surface area contributed by atoms with Crippen LogP contribution < -0.4 is 10.1 Å². The first-order chi connectivity index (χ1) is 14.1. The van der Waals surface area contributed by atoms with Crippen molar-refractivity contribution >= 4 is 34.3 Å². The Morgan fingerprint density at radius 2 is 1.76 bits per heavy atom. The summed E-state index contributed by atoms with van der Waals surface area (Å²) in [5.41, 5.74) is 2.02. The smallest absolute Gasteiger partial charge is 0.283 e. The maximum Gasteiger partial charge on any atom is 0.283 e. The number of piperazine rings is 1. The quantitative estimate of drug-likeness (QED) is 0.604. The second kappa shape index (κ2) is 11.5. The molecular weight excluding hydrogens is 406 g/mol. The van der Waals surface area contributed by atoms with Crippen LogP contribution in [-0.4, -0.2) is 60.6 Å². The van der Waals surface area contributed by atoms with Crippen molar-refractivity contribution in [2.45, 2.75) is 13.0 Å². The van der Waals surface area contributed by atoms with E-state index in [1.54, 1.807) is 7.11 Å². The van der Waals surface area contributed by atoms with Gasteiger partial charge in [0.25, 0.3) is 5.24 Å². The molecule has 5 nitrogen and oxygen atoms in total. The molecule has 1 saturated heterocycles. The van der Waals surface area contributed by atoms with Gasteiger partial charge in [0.2, 0.25) is 0 Å². The fourth-order valence-electron chi connectivity index (χ4n) is 3.37. The van der Waals surface area contributed by atoms with Crippen molar-refractivity contribution in [3.63, 3.8) is 0 Å². The molecule has 7 heteroatoms. The van der Waals surface area contributed by atoms with Crippen molar-refractivity contribution in [1.82, 2.24) is 9.80 Å². The van der Waals surface area contributed by atoms with Crippen LogP contribution in [0.4, 0.5) is 10.5 Å². The van der Waals surface area contributed by atoms with Crippen molar-refractivity contribution in [3.05, 3.63) is 59.1 Å². The van der Waals surface area contributed by atoms with E-state index in [1.165, 1.54) is 17.3 Å². The van der Waals surface area contributed by atoms with E-state index in [0.717, 1.165) is 56.5 Å². The number of ether oxygens (including phenoxy) is 1. The SMILES string of the molecule is COc1ccccc1NC(=O)SCCCN1CCN(Cc2ccc(Cl)cc2)CC1. The van der Waals surface area contributed by atoms with E-state index < -0.39 is 0 Å². The molecular formula is C22H28ClN3O2S. The third-order valence-corrected chi connectivity index (χ3v) is 6.09. The van der Waals surface area contributed by atoms with E-state index in [-0.39, 0.29) is 5.24 Å². The van der Waals surface area contributed by atoms with Gasteiger partial charge in [-0.05, 0) is 42.8 Å². The van der Waals surface area contributed by atoms with Crippen LogP contribution in [0.3, 0.4) is 0 Å². The van der Waals surface area contributed by atoms with Gasteiger partial charge in [0.05, 0.1) is 12.8 Å². The third kappa shape index (κ3) is 7.23. The standard InChI is InChI=1S/C22H28ClN3O2S/c1-28-21-6-3-2-5-20(21)24-22(27)29-16-4-11-25-12-14-26(15-13-25)17-18-7-9-19(23)10-8-18/h2-3,5-10H,4,11-17H2,1H3,(H,24,27). The van der Waals surface area contributed by atoms with Gasteiger partial charge in [0.15, 0.2) is 0 Å². The van der Waals surface area contributed by atoms with Crippen molar-refractivity contribution in [2.75, 3.05) is 50.9 Å². The number of methoxy groups -OCH3 is 1. The van der Waals surface area contributed by atoms with E-state index in [2.05, 4.69) is 27.2 Å². The van der Waals surface area contributed by atoms with Crippen LogP contribution >= 0.6 is 23.4 Å². The molecule has 156 valence electrons. The number of anilines is 1. The highest BCUT2D eigenvalue weighted by molar-refractivity contribution is 8.13. The molecule has 1 N–H and O–H groups in total. The zero-order valence-electron chi connectivity index (χ0n) is 16.8. The van der Waals surface area contributed by atoms with Crippen LogP contribution in [-0.2, 0) is 6.54 Å². The number of rotatable bonds is 8. The molecule has 2 aromatic rings. The normalized spacial score (nSPS) is 15.2. The molecule has 1 aliphatic heterocycles. The highest BCUT2D eigenvalue weighted by atomic mass is 35.5. The molecule has 0 radical (unpaired) electrons. The Hall–Kier alpha value is -1.73. The Bertz CT molecular complexity index is 780. The summed E-state index contributed by atoms with van der Waals surface area (Å²) < 4.78 is 5.26. The number of nitrogens with one attached hydrogen (secondary N) is 1. The Labute approximate surface area is 182 Å². The maximum atomic E-state index is 12.1. The summed E-state index contributed by atoms with van der Waals surface area (Å²) in [4.78, 5) is 17.1. The average Bonchev–Trinajstić information content (AvgIpc) is 2.74. The molecule has 3 rings (SSSR count). The lowest BCUT2D eigenvalue weighted by molar-refractivity contribution is 0.127. The van der Waals surface area contributed by atoms with Gasteiger partial charge in [-0.1, -0.05) is 47.6 Å². The third-order valence-electron chi connectivity index (χ3n) is 4.98. The zero-order valence-corrected chi connectivity index (χ0v) is 18.3. The van der Waals surface area contributed by atoms with Crippen LogP contribution in [0.25, 0.3) is 0 Å². The van der Waals surface area contributed by atoms with Gasteiger partial charge < -0.3 is 15.0 Å². The first kappa shape index (κ1) is 22.0. The van der Waals surface area contributed by atoms with E-state index in [9.17, 15) is 4.79 Å². The maximum absolute atomic E-state index is 12.1. The minimum atomic E-state index is -0.0396. The fraction of sp³-hybridized carbons (Fsp3) is 0.409. The number of nitrogens with zero attached hydrogens (tertiary/aromatic N) is 2. The molecule has 0 saturated carbocycles. The number of thioether (sulfide) groups is 1. The number of hydrogen-bond donors (Lipinski definition) is 1. The highest BCUT2D eigenvalue weighted by Gasteiger charge is 2.16. The van der Waals surface area contributed by atoms with E-state index in [0.29, 0.717) is 11.4 Å². The lowest BCUT2D eigenvalue weighted by atomic mass is 10.2. The molecule has 1 aliphatic rings. The summed E-state index contributed by atoms with van der Waals surface area (Å²) in [6.07, 6.45) is 1.00. The van der Waals surface area contributed by atoms with Gasteiger partial charge in [-0.3, -0.25) is 9.69 Å². The second-order valence-corrected chi connectivity index (χ2v) is 8.56. The van der Waals surface area contributed by atoms with Crippen LogP contribution in [0.5, 0.6) is 5.75 Å². The number of amides is 1. The first-order valence-corrected chi connectivity index (χ1v) is 11.3. The highest BCUT2D eigenvalue weighted by Crippen LogP contribution is 2.24. The molecule has 0 spiro atoms. The Morgan fingerprint density at radius 3 is 2.48 bits per heavy atom. The molecule has 29 heavy (non-hydrogen) atoms. The zero-order chi connectivity index (χ0) is 20.5. The molecule has 0 bridgehead atoms. The molecule has 0 unspecified atom stereocenters. The molecule has 0 atom stereocenters. The summed E-state index contributed by atoms with van der Waals surface area (Å²) in [6, 6.07) is 15.6.